The number of halogens is 1. The van der Waals surface area contributed by atoms with Gasteiger partial charge in [-0.15, -0.1) is 0 Å². The maximum absolute atomic E-state index is 10.9. The Morgan fingerprint density at radius 2 is 1.89 bits per heavy atom. The predicted molar refractivity (Wildman–Crippen MR) is 79.4 cm³/mol. The number of benzene rings is 1. The Balaban J connectivity index is 1.92. The number of nitrogens with zero attached hydrogens (tertiary/aromatic N) is 1. The third kappa shape index (κ3) is 2.85. The van der Waals surface area contributed by atoms with Gasteiger partial charge in [0, 0.05) is 22.7 Å². The second-order valence-electron chi connectivity index (χ2n) is 5.07. The van der Waals surface area contributed by atoms with Crippen molar-refractivity contribution >= 4 is 28.6 Å². The van der Waals surface area contributed by atoms with Crippen molar-refractivity contribution in [2.24, 2.45) is 11.8 Å². The number of likely N-dealkylation sites (tertiary alicyclic amines) is 1. The van der Waals surface area contributed by atoms with E-state index in [1.165, 1.54) is 9.13 Å². The summed E-state index contributed by atoms with van der Waals surface area (Å²) in [5, 5.41) is 8.97. The summed E-state index contributed by atoms with van der Waals surface area (Å²) in [5.41, 5.74) is 1.30. The molecule has 1 N–H and O–H groups in total. The molecule has 1 aliphatic rings. The van der Waals surface area contributed by atoms with E-state index in [-0.39, 0.29) is 5.92 Å². The van der Waals surface area contributed by atoms with Gasteiger partial charge in [-0.05, 0) is 53.1 Å². The highest BCUT2D eigenvalue weighted by atomic mass is 127. The molecule has 2 rings (SSSR count). The van der Waals surface area contributed by atoms with Crippen molar-refractivity contribution < 1.29 is 9.90 Å². The minimum absolute atomic E-state index is 0.231. The molecule has 18 heavy (non-hydrogen) atoms. The van der Waals surface area contributed by atoms with Crippen LogP contribution in [0.15, 0.2) is 24.3 Å². The summed E-state index contributed by atoms with van der Waals surface area (Å²) < 4.78 is 1.24. The molecule has 2 unspecified atom stereocenters. The highest BCUT2D eigenvalue weighted by molar-refractivity contribution is 14.1. The molecule has 1 fully saturated rings. The van der Waals surface area contributed by atoms with E-state index in [1.54, 1.807) is 6.92 Å². The van der Waals surface area contributed by atoms with Gasteiger partial charge >= 0.3 is 5.97 Å². The maximum Gasteiger partial charge on any atom is 0.306 e. The van der Waals surface area contributed by atoms with Gasteiger partial charge in [0.2, 0.25) is 0 Å². The Kier molecular flexibility index (Phi) is 4.27. The molecule has 1 heterocycles. The molecule has 98 valence electrons. The van der Waals surface area contributed by atoms with E-state index in [9.17, 15) is 4.79 Å². The maximum atomic E-state index is 10.9. The van der Waals surface area contributed by atoms with E-state index in [2.05, 4.69) is 58.7 Å². The van der Waals surface area contributed by atoms with Gasteiger partial charge in [-0.1, -0.05) is 19.1 Å². The zero-order chi connectivity index (χ0) is 13.3. The molecule has 4 heteroatoms. The Hall–Kier alpha value is -0.620. The fourth-order valence-electron chi connectivity index (χ4n) is 2.34. The molecule has 1 aromatic rings. The fourth-order valence-corrected chi connectivity index (χ4v) is 2.69. The van der Waals surface area contributed by atoms with Crippen molar-refractivity contribution in [2.45, 2.75) is 19.9 Å². The topological polar surface area (TPSA) is 40.5 Å². The number of hydrogen-bond acceptors (Lipinski definition) is 2. The summed E-state index contributed by atoms with van der Waals surface area (Å²) in [6.45, 7) is 5.77. The van der Waals surface area contributed by atoms with Crippen LogP contribution < -0.4 is 0 Å². The lowest BCUT2D eigenvalue weighted by Gasteiger charge is -2.45. The predicted octanol–water partition coefficient (Wildman–Crippen LogP) is 3.00. The van der Waals surface area contributed by atoms with Crippen molar-refractivity contribution in [2.75, 3.05) is 13.1 Å². The molecule has 1 aliphatic heterocycles. The van der Waals surface area contributed by atoms with Crippen molar-refractivity contribution in [3.05, 3.63) is 33.4 Å². The van der Waals surface area contributed by atoms with Crippen LogP contribution in [0.1, 0.15) is 25.5 Å². The first-order valence-electron chi connectivity index (χ1n) is 6.21. The van der Waals surface area contributed by atoms with Crippen molar-refractivity contribution in [1.29, 1.82) is 0 Å². The van der Waals surface area contributed by atoms with Crippen LogP contribution in [0.2, 0.25) is 0 Å². The first kappa shape index (κ1) is 13.8. The third-order valence-electron chi connectivity index (χ3n) is 3.93. The molecule has 0 aromatic heterocycles. The molecule has 0 saturated carbocycles. The van der Waals surface area contributed by atoms with E-state index in [1.807, 2.05) is 0 Å². The molecule has 0 bridgehead atoms. The van der Waals surface area contributed by atoms with Gasteiger partial charge < -0.3 is 5.11 Å². The standard InChI is InChI=1S/C14H18INO2/c1-9(14(17)18)12-7-16(8-12)10(2)11-3-5-13(15)6-4-11/h3-6,9-10,12H,7-8H2,1-2H3,(H,17,18). The zero-order valence-corrected chi connectivity index (χ0v) is 12.8. The zero-order valence-electron chi connectivity index (χ0n) is 10.6. The second kappa shape index (κ2) is 5.57. The van der Waals surface area contributed by atoms with E-state index >= 15 is 0 Å². The van der Waals surface area contributed by atoms with Gasteiger partial charge in [-0.25, -0.2) is 0 Å². The van der Waals surface area contributed by atoms with Crippen LogP contribution in [0, 0.1) is 15.4 Å². The molecule has 1 saturated heterocycles. The van der Waals surface area contributed by atoms with E-state index in [0.717, 1.165) is 13.1 Å². The molecule has 3 nitrogen and oxygen atoms in total. The summed E-state index contributed by atoms with van der Waals surface area (Å²) in [4.78, 5) is 13.2. The van der Waals surface area contributed by atoms with E-state index in [0.29, 0.717) is 12.0 Å². The molecule has 2 atom stereocenters. The molecular formula is C14H18INO2. The lowest BCUT2D eigenvalue weighted by atomic mass is 9.85. The van der Waals surface area contributed by atoms with Crippen molar-refractivity contribution in [1.82, 2.24) is 4.90 Å². The fraction of sp³-hybridized carbons (Fsp3) is 0.500. The number of rotatable bonds is 4. The summed E-state index contributed by atoms with van der Waals surface area (Å²) in [6, 6.07) is 8.91. The monoisotopic (exact) mass is 359 g/mol. The number of carbonyl (C=O) groups is 1. The largest absolute Gasteiger partial charge is 0.481 e. The Labute approximate surface area is 121 Å². The first-order valence-corrected chi connectivity index (χ1v) is 7.29. The molecule has 0 spiro atoms. The normalized spacial score (nSPS) is 20.2. The van der Waals surface area contributed by atoms with E-state index < -0.39 is 5.97 Å². The van der Waals surface area contributed by atoms with Crippen LogP contribution in [0.4, 0.5) is 0 Å². The van der Waals surface area contributed by atoms with E-state index in [4.69, 9.17) is 5.11 Å². The van der Waals surface area contributed by atoms with Gasteiger partial charge in [0.25, 0.3) is 0 Å². The molecular weight excluding hydrogens is 341 g/mol. The third-order valence-corrected chi connectivity index (χ3v) is 4.65. The van der Waals surface area contributed by atoms with Crippen molar-refractivity contribution in [3.63, 3.8) is 0 Å². The average molecular weight is 359 g/mol. The minimum Gasteiger partial charge on any atom is -0.481 e. The van der Waals surface area contributed by atoms with Gasteiger partial charge in [0.05, 0.1) is 5.92 Å². The van der Waals surface area contributed by atoms with Gasteiger partial charge in [0.15, 0.2) is 0 Å². The van der Waals surface area contributed by atoms with Crippen LogP contribution in [-0.4, -0.2) is 29.1 Å². The molecule has 1 aromatic carbocycles. The molecule has 0 radical (unpaired) electrons. The lowest BCUT2D eigenvalue weighted by Crippen LogP contribution is -2.51. The van der Waals surface area contributed by atoms with Crippen LogP contribution >= 0.6 is 22.6 Å². The van der Waals surface area contributed by atoms with Gasteiger partial charge in [-0.3, -0.25) is 9.69 Å². The Morgan fingerprint density at radius 1 is 1.33 bits per heavy atom. The van der Waals surface area contributed by atoms with Gasteiger partial charge in [0.1, 0.15) is 0 Å². The van der Waals surface area contributed by atoms with Crippen LogP contribution in [0.3, 0.4) is 0 Å². The lowest BCUT2D eigenvalue weighted by molar-refractivity contribution is -0.146. The number of carboxylic acid groups (broad SMARTS) is 1. The first-order chi connectivity index (χ1) is 8.49. The Bertz CT molecular complexity index is 426. The minimum atomic E-state index is -0.679. The number of carboxylic acids is 1. The van der Waals surface area contributed by atoms with Gasteiger partial charge in [-0.2, -0.15) is 0 Å². The smallest absolute Gasteiger partial charge is 0.306 e. The SMILES string of the molecule is CC(C(=O)O)C1CN(C(C)c2ccc(I)cc2)C1. The molecule has 0 amide bonds. The van der Waals surface area contributed by atoms with Crippen molar-refractivity contribution in [3.8, 4) is 0 Å². The quantitative estimate of drug-likeness (QED) is 0.841. The number of aliphatic carboxylic acids is 1. The summed E-state index contributed by atoms with van der Waals surface area (Å²) in [7, 11) is 0. The summed E-state index contributed by atoms with van der Waals surface area (Å²) >= 11 is 2.30. The average Bonchev–Trinajstić information content (AvgIpc) is 2.27. The molecule has 0 aliphatic carbocycles. The van der Waals surface area contributed by atoms with Crippen LogP contribution in [0.25, 0.3) is 0 Å². The highest BCUT2D eigenvalue weighted by Gasteiger charge is 2.36. The highest BCUT2D eigenvalue weighted by Crippen LogP contribution is 2.32. The number of hydrogen-bond donors (Lipinski definition) is 1. The summed E-state index contributed by atoms with van der Waals surface area (Å²) in [5.74, 6) is -0.611. The second-order valence-corrected chi connectivity index (χ2v) is 6.31. The Morgan fingerprint density at radius 3 is 2.39 bits per heavy atom. The van der Waals surface area contributed by atoms with Crippen LogP contribution in [0.5, 0.6) is 0 Å². The summed E-state index contributed by atoms with van der Waals surface area (Å²) in [6.07, 6.45) is 0. The van der Waals surface area contributed by atoms with Crippen LogP contribution in [-0.2, 0) is 4.79 Å².